The summed E-state index contributed by atoms with van der Waals surface area (Å²) < 4.78 is 10.6. The van der Waals surface area contributed by atoms with E-state index in [1.807, 2.05) is 11.4 Å². The topological polar surface area (TPSA) is 93.7 Å². The third kappa shape index (κ3) is 4.14. The van der Waals surface area contributed by atoms with Crippen molar-refractivity contribution < 1.29 is 23.9 Å². The molecule has 1 aliphatic carbocycles. The molecule has 0 spiro atoms. The van der Waals surface area contributed by atoms with E-state index in [-0.39, 0.29) is 5.88 Å². The van der Waals surface area contributed by atoms with Gasteiger partial charge in [0.05, 0.1) is 10.9 Å². The van der Waals surface area contributed by atoms with Crippen molar-refractivity contribution in [1.29, 1.82) is 0 Å². The van der Waals surface area contributed by atoms with Crippen LogP contribution in [0.1, 0.15) is 36.4 Å². The Bertz CT molecular complexity index is 606. The van der Waals surface area contributed by atoms with E-state index in [4.69, 9.17) is 21.1 Å². The first kappa shape index (κ1) is 17.6. The van der Waals surface area contributed by atoms with E-state index in [9.17, 15) is 14.4 Å². The predicted molar refractivity (Wildman–Crippen MR) is 84.4 cm³/mol. The summed E-state index contributed by atoms with van der Waals surface area (Å²) in [5, 5.41) is 7.16. The number of halogens is 1. The summed E-state index contributed by atoms with van der Waals surface area (Å²) in [4.78, 5) is 35.4. The molecule has 2 N–H and O–H groups in total. The second kappa shape index (κ2) is 7.65. The minimum Gasteiger partial charge on any atom is -0.456 e. The Morgan fingerprint density at radius 3 is 2.57 bits per heavy atom. The molecule has 2 amide bonds. The molecular weight excluding hydrogens is 344 g/mol. The van der Waals surface area contributed by atoms with E-state index in [0.717, 1.165) is 10.4 Å². The minimum absolute atomic E-state index is 0.283. The molecule has 0 aliphatic heterocycles. The summed E-state index contributed by atoms with van der Waals surface area (Å²) in [7, 11) is 0. The highest BCUT2D eigenvalue weighted by Gasteiger charge is 2.47. The molecule has 1 aromatic rings. The van der Waals surface area contributed by atoms with Gasteiger partial charge in [-0.1, -0.05) is 0 Å². The van der Waals surface area contributed by atoms with Gasteiger partial charge >= 0.3 is 18.0 Å². The third-order valence-corrected chi connectivity index (χ3v) is 4.39. The molecule has 0 bridgehead atoms. The zero-order valence-corrected chi connectivity index (χ0v) is 14.2. The van der Waals surface area contributed by atoms with Crippen LogP contribution in [0, 0.1) is 0 Å². The van der Waals surface area contributed by atoms with Crippen LogP contribution in [0.2, 0.25) is 0 Å². The van der Waals surface area contributed by atoms with Crippen LogP contribution in [0.3, 0.4) is 0 Å². The Morgan fingerprint density at radius 1 is 1.26 bits per heavy atom. The lowest BCUT2D eigenvalue weighted by Crippen LogP contribution is -2.43. The molecule has 1 aromatic heterocycles. The number of urea groups is 1. The summed E-state index contributed by atoms with van der Waals surface area (Å²) in [6, 6.07) is 0.778. The zero-order valence-electron chi connectivity index (χ0n) is 12.6. The summed E-state index contributed by atoms with van der Waals surface area (Å²) in [6.07, 6.45) is -1.54. The standard InChI is InChI=1S/C14H17ClN2O5S/c1-7(18)21-11-10(17-14(20)16-5-4-15)9-3-6-23-13(9)12(11)22-8(2)19/h3,6,10-12H,4-5H2,1-2H3,(H2,16,17,20)/t10-,11-,12-/m1/s1. The van der Waals surface area contributed by atoms with Crippen LogP contribution in [-0.4, -0.2) is 36.5 Å². The van der Waals surface area contributed by atoms with Gasteiger partial charge in [0, 0.05) is 26.3 Å². The van der Waals surface area contributed by atoms with Gasteiger partial charge in [0.15, 0.2) is 12.2 Å². The lowest BCUT2D eigenvalue weighted by Gasteiger charge is -2.25. The van der Waals surface area contributed by atoms with Crippen molar-refractivity contribution in [2.24, 2.45) is 0 Å². The van der Waals surface area contributed by atoms with Gasteiger partial charge in [-0.25, -0.2) is 4.79 Å². The monoisotopic (exact) mass is 360 g/mol. The van der Waals surface area contributed by atoms with Crippen LogP contribution >= 0.6 is 22.9 Å². The van der Waals surface area contributed by atoms with Gasteiger partial charge in [0.1, 0.15) is 0 Å². The minimum atomic E-state index is -0.805. The van der Waals surface area contributed by atoms with Crippen LogP contribution in [0.5, 0.6) is 0 Å². The molecule has 0 saturated carbocycles. The van der Waals surface area contributed by atoms with E-state index >= 15 is 0 Å². The maximum atomic E-state index is 11.9. The summed E-state index contributed by atoms with van der Waals surface area (Å²) in [5.74, 6) is -0.723. The second-order valence-corrected chi connectivity index (χ2v) is 6.24. The average molecular weight is 361 g/mol. The predicted octanol–water partition coefficient (Wildman–Crippen LogP) is 1.88. The number of alkyl halides is 1. The van der Waals surface area contributed by atoms with Crippen molar-refractivity contribution in [2.75, 3.05) is 12.4 Å². The van der Waals surface area contributed by atoms with Gasteiger partial charge in [-0.3, -0.25) is 9.59 Å². The normalized spacial score (nSPS) is 22.1. The highest BCUT2D eigenvalue weighted by molar-refractivity contribution is 7.10. The van der Waals surface area contributed by atoms with Gasteiger partial charge in [-0.05, 0) is 17.0 Å². The van der Waals surface area contributed by atoms with Crippen molar-refractivity contribution in [1.82, 2.24) is 10.6 Å². The number of rotatable bonds is 5. The smallest absolute Gasteiger partial charge is 0.315 e. The molecule has 23 heavy (non-hydrogen) atoms. The first-order valence-electron chi connectivity index (χ1n) is 6.96. The Balaban J connectivity index is 2.24. The quantitative estimate of drug-likeness (QED) is 0.617. The van der Waals surface area contributed by atoms with Gasteiger partial charge in [0.25, 0.3) is 0 Å². The Labute approximate surface area is 142 Å². The van der Waals surface area contributed by atoms with Crippen LogP contribution < -0.4 is 10.6 Å². The van der Waals surface area contributed by atoms with Gasteiger partial charge in [0.2, 0.25) is 0 Å². The van der Waals surface area contributed by atoms with Crippen LogP contribution in [0.25, 0.3) is 0 Å². The SMILES string of the molecule is CC(=O)O[C@@H]1[C@H](NC(=O)NCCCl)c2ccsc2[C@@H]1OC(C)=O. The third-order valence-electron chi connectivity index (χ3n) is 3.21. The molecule has 0 fully saturated rings. The largest absolute Gasteiger partial charge is 0.456 e. The zero-order chi connectivity index (χ0) is 17.0. The van der Waals surface area contributed by atoms with E-state index in [2.05, 4.69) is 10.6 Å². The van der Waals surface area contributed by atoms with Crippen LogP contribution in [0.15, 0.2) is 11.4 Å². The van der Waals surface area contributed by atoms with Crippen molar-refractivity contribution in [3.63, 3.8) is 0 Å². The fourth-order valence-corrected chi connectivity index (χ4v) is 3.56. The number of hydrogen-bond acceptors (Lipinski definition) is 6. The number of nitrogens with one attached hydrogen (secondary N) is 2. The molecule has 3 atom stereocenters. The molecule has 0 aromatic carbocycles. The number of hydrogen-bond donors (Lipinski definition) is 2. The van der Waals surface area contributed by atoms with E-state index in [0.29, 0.717) is 6.54 Å². The summed E-state index contributed by atoms with van der Waals surface area (Å²) in [6.45, 7) is 2.86. The Morgan fingerprint density at radius 2 is 1.96 bits per heavy atom. The van der Waals surface area contributed by atoms with Crippen LogP contribution in [0.4, 0.5) is 4.79 Å². The molecule has 1 heterocycles. The Hall–Kier alpha value is -1.80. The summed E-state index contributed by atoms with van der Waals surface area (Å²) in [5.41, 5.74) is 0.772. The van der Waals surface area contributed by atoms with Crippen molar-refractivity contribution >= 4 is 40.9 Å². The number of amides is 2. The molecule has 126 valence electrons. The lowest BCUT2D eigenvalue weighted by molar-refractivity contribution is -0.166. The van der Waals surface area contributed by atoms with Crippen molar-refractivity contribution in [2.45, 2.75) is 32.1 Å². The molecule has 0 saturated heterocycles. The molecule has 2 rings (SSSR count). The number of fused-ring (bicyclic) bond motifs is 1. The first-order valence-corrected chi connectivity index (χ1v) is 8.37. The van der Waals surface area contributed by atoms with Gasteiger partial charge in [-0.2, -0.15) is 0 Å². The fraction of sp³-hybridized carbons (Fsp3) is 0.500. The van der Waals surface area contributed by atoms with Gasteiger partial charge < -0.3 is 20.1 Å². The molecule has 1 aliphatic rings. The molecule has 7 nitrogen and oxygen atoms in total. The van der Waals surface area contributed by atoms with E-state index < -0.39 is 36.2 Å². The fourth-order valence-electron chi connectivity index (χ4n) is 2.45. The molecular formula is C14H17ClN2O5S. The highest BCUT2D eigenvalue weighted by Crippen LogP contribution is 2.46. The second-order valence-electron chi connectivity index (χ2n) is 4.91. The van der Waals surface area contributed by atoms with E-state index in [1.165, 1.54) is 25.2 Å². The Kier molecular flexibility index (Phi) is 5.84. The maximum absolute atomic E-state index is 11.9. The number of thiophene rings is 1. The number of esters is 2. The molecule has 9 heteroatoms. The number of ether oxygens (including phenoxy) is 2. The number of carbonyl (C=O) groups is 3. The van der Waals surface area contributed by atoms with Crippen molar-refractivity contribution in [3.8, 4) is 0 Å². The van der Waals surface area contributed by atoms with E-state index in [1.54, 1.807) is 0 Å². The average Bonchev–Trinajstić information content (AvgIpc) is 3.02. The molecule has 0 radical (unpaired) electrons. The van der Waals surface area contributed by atoms with Crippen LogP contribution in [-0.2, 0) is 19.1 Å². The highest BCUT2D eigenvalue weighted by atomic mass is 35.5. The number of carbonyl (C=O) groups excluding carboxylic acids is 3. The summed E-state index contributed by atoms with van der Waals surface area (Å²) >= 11 is 6.92. The molecule has 0 unspecified atom stereocenters. The lowest BCUT2D eigenvalue weighted by atomic mass is 10.1. The van der Waals surface area contributed by atoms with Crippen molar-refractivity contribution in [3.05, 3.63) is 21.9 Å². The van der Waals surface area contributed by atoms with Gasteiger partial charge in [-0.15, -0.1) is 22.9 Å². The maximum Gasteiger partial charge on any atom is 0.315 e. The first-order chi connectivity index (χ1) is 10.9.